The van der Waals surface area contributed by atoms with Gasteiger partial charge in [-0.2, -0.15) is 4.57 Å². The zero-order valence-corrected chi connectivity index (χ0v) is 24.5. The highest BCUT2D eigenvalue weighted by Crippen LogP contribution is 2.48. The summed E-state index contributed by atoms with van der Waals surface area (Å²) in [5.41, 5.74) is 1.20. The second-order valence-electron chi connectivity index (χ2n) is 8.04. The molecule has 2 aromatic carbocycles. The molecule has 1 aliphatic rings. The van der Waals surface area contributed by atoms with E-state index in [1.165, 1.54) is 27.7 Å². The fraction of sp³-hybridized carbons (Fsp3) is 0.250. The summed E-state index contributed by atoms with van der Waals surface area (Å²) in [7, 11) is -12.8. The fourth-order valence-corrected chi connectivity index (χ4v) is 9.49. The highest BCUT2D eigenvalue weighted by Gasteiger charge is 2.31. The molecule has 0 radical (unpaired) electrons. The van der Waals surface area contributed by atoms with Crippen molar-refractivity contribution in [1.29, 1.82) is 0 Å². The van der Waals surface area contributed by atoms with Crippen LogP contribution in [-0.4, -0.2) is 48.4 Å². The number of thiazole rings is 1. The molecule has 0 atom stereocenters. The minimum Gasteiger partial charge on any atom is -0.748 e. The van der Waals surface area contributed by atoms with E-state index in [9.17, 15) is 29.8 Å². The van der Waals surface area contributed by atoms with E-state index >= 15 is 0 Å². The maximum atomic E-state index is 12.7. The number of rotatable bonds is 9. The summed E-state index contributed by atoms with van der Waals surface area (Å²) in [4.78, 5) is 2.64. The summed E-state index contributed by atoms with van der Waals surface area (Å²) in [6, 6.07) is 10.2. The number of fused-ring (bicyclic) bond motifs is 2. The van der Waals surface area contributed by atoms with E-state index in [4.69, 9.17) is 23.2 Å². The molecule has 1 N–H and O–H groups in total. The molecule has 0 fully saturated rings. The van der Waals surface area contributed by atoms with Crippen molar-refractivity contribution >= 4 is 98.4 Å². The smallest absolute Gasteiger partial charge is 0.285 e. The quantitative estimate of drug-likeness (QED) is 0.274. The van der Waals surface area contributed by atoms with Gasteiger partial charge in [-0.1, -0.05) is 46.3 Å². The summed E-state index contributed by atoms with van der Waals surface area (Å²) in [5.74, 6) is -1.24. The van der Waals surface area contributed by atoms with Crippen molar-refractivity contribution in [2.75, 3.05) is 23.5 Å². The topological polar surface area (TPSA) is 145 Å². The molecule has 200 valence electrons. The van der Waals surface area contributed by atoms with E-state index < -0.39 is 41.8 Å². The van der Waals surface area contributed by atoms with Gasteiger partial charge in [0, 0.05) is 33.3 Å². The number of halogens is 2. The van der Waals surface area contributed by atoms with Crippen LogP contribution in [-0.2, 0) is 36.0 Å². The monoisotopic (exact) mass is 643 g/mol. The number of hydrogen-bond donors (Lipinski definition) is 1. The zero-order valence-electron chi connectivity index (χ0n) is 18.9. The SMILES string of the molecule is CS(=O)(=O)NS(=O)(=O)C[n+]1c(C=C2Sc3ccc(Cl)cc3N2CCCS(=O)(=O)[O-])sc2ccc(Cl)cc21. The van der Waals surface area contributed by atoms with E-state index in [0.717, 1.165) is 11.2 Å². The van der Waals surface area contributed by atoms with Crippen molar-refractivity contribution in [2.45, 2.75) is 17.2 Å². The van der Waals surface area contributed by atoms with Crippen LogP contribution in [0.15, 0.2) is 46.3 Å². The molecular formula is C20H19Cl2N3O7S5. The van der Waals surface area contributed by atoms with Gasteiger partial charge in [0.25, 0.3) is 20.9 Å². The molecule has 0 spiro atoms. The molecule has 0 unspecified atom stereocenters. The van der Waals surface area contributed by atoms with Gasteiger partial charge in [-0.05, 0) is 36.8 Å². The van der Waals surface area contributed by atoms with E-state index in [1.54, 1.807) is 46.6 Å². The van der Waals surface area contributed by atoms with Gasteiger partial charge >= 0.3 is 0 Å². The Morgan fingerprint density at radius 3 is 2.41 bits per heavy atom. The predicted molar refractivity (Wildman–Crippen MR) is 146 cm³/mol. The van der Waals surface area contributed by atoms with Crippen LogP contribution in [0, 0.1) is 0 Å². The van der Waals surface area contributed by atoms with Crippen LogP contribution < -0.4 is 13.6 Å². The van der Waals surface area contributed by atoms with E-state index in [1.807, 2.05) is 4.90 Å². The molecule has 0 saturated heterocycles. The Balaban J connectivity index is 1.80. The van der Waals surface area contributed by atoms with Crippen LogP contribution in [0.1, 0.15) is 11.4 Å². The van der Waals surface area contributed by atoms with Crippen molar-refractivity contribution in [2.24, 2.45) is 0 Å². The average Bonchev–Trinajstić information content (AvgIpc) is 3.23. The molecule has 37 heavy (non-hydrogen) atoms. The van der Waals surface area contributed by atoms with Crippen molar-refractivity contribution < 1.29 is 34.4 Å². The lowest BCUT2D eigenvalue weighted by Crippen LogP contribution is -2.45. The molecule has 3 aromatic rings. The largest absolute Gasteiger partial charge is 0.748 e. The molecule has 4 rings (SSSR count). The minimum absolute atomic E-state index is 0.0599. The maximum Gasteiger partial charge on any atom is 0.285 e. The average molecular weight is 645 g/mol. The summed E-state index contributed by atoms with van der Waals surface area (Å²) in [6.45, 7) is 0.193. The number of nitrogens with one attached hydrogen (secondary N) is 1. The number of anilines is 1. The first-order valence-corrected chi connectivity index (χ1v) is 17.8. The lowest BCUT2D eigenvalue weighted by molar-refractivity contribution is -0.648. The molecule has 1 aliphatic heterocycles. The van der Waals surface area contributed by atoms with Crippen LogP contribution in [0.4, 0.5) is 5.69 Å². The van der Waals surface area contributed by atoms with E-state index in [0.29, 0.717) is 36.0 Å². The second-order valence-corrected chi connectivity index (χ2v) is 16.3. The molecule has 10 nitrogen and oxygen atoms in total. The predicted octanol–water partition coefficient (Wildman–Crippen LogP) is 3.18. The Morgan fingerprint density at radius 2 is 1.73 bits per heavy atom. The fourth-order valence-electron chi connectivity index (χ4n) is 3.66. The summed E-state index contributed by atoms with van der Waals surface area (Å²) >= 11 is 15.0. The van der Waals surface area contributed by atoms with Crippen LogP contribution in [0.3, 0.4) is 0 Å². The van der Waals surface area contributed by atoms with Gasteiger partial charge in [-0.15, -0.1) is 4.13 Å². The first-order valence-electron chi connectivity index (χ1n) is 10.3. The first kappa shape index (κ1) is 28.6. The molecule has 17 heteroatoms. The third kappa shape index (κ3) is 7.36. The van der Waals surface area contributed by atoms with Crippen molar-refractivity contribution in [3.05, 3.63) is 56.5 Å². The highest BCUT2D eigenvalue weighted by molar-refractivity contribution is 8.04. The number of thioether (sulfide) groups is 1. The standard InChI is InChI=1S/C20H19Cl2N3O7S5/c1-35(26,27)23-36(28,29)12-25-16-10-14(22)4-6-18(16)34-20(25)11-19-24(7-2-8-37(30,31)32)15-9-13(21)3-5-17(15)33-19/h3-6,9-11,23H,2,7-8,12H2,1H3. The Morgan fingerprint density at radius 1 is 1.05 bits per heavy atom. The van der Waals surface area contributed by atoms with Gasteiger partial charge in [0.05, 0.1) is 33.2 Å². The number of nitrogens with zero attached hydrogens (tertiary/aromatic N) is 2. The molecule has 0 bridgehead atoms. The third-order valence-electron chi connectivity index (χ3n) is 4.99. The van der Waals surface area contributed by atoms with Gasteiger partial charge in [-0.3, -0.25) is 0 Å². The van der Waals surface area contributed by atoms with Crippen LogP contribution in [0.25, 0.3) is 16.3 Å². The lowest BCUT2D eigenvalue weighted by atomic mass is 10.2. The van der Waals surface area contributed by atoms with Crippen LogP contribution >= 0.6 is 46.3 Å². The van der Waals surface area contributed by atoms with Gasteiger partial charge in [0.1, 0.15) is 4.70 Å². The summed E-state index contributed by atoms with van der Waals surface area (Å²) < 4.78 is 85.8. The molecule has 0 saturated carbocycles. The summed E-state index contributed by atoms with van der Waals surface area (Å²) in [5, 5.41) is 1.94. The summed E-state index contributed by atoms with van der Waals surface area (Å²) in [6.07, 6.45) is 2.53. The molecule has 2 heterocycles. The highest BCUT2D eigenvalue weighted by atomic mass is 35.5. The molecule has 0 aliphatic carbocycles. The molecular weight excluding hydrogens is 625 g/mol. The van der Waals surface area contributed by atoms with Crippen LogP contribution in [0.2, 0.25) is 10.0 Å². The molecule has 1 aromatic heterocycles. The van der Waals surface area contributed by atoms with Gasteiger partial charge in [0.15, 0.2) is 0 Å². The van der Waals surface area contributed by atoms with Crippen molar-refractivity contribution in [3.8, 4) is 0 Å². The first-order chi connectivity index (χ1) is 17.1. The lowest BCUT2D eigenvalue weighted by Gasteiger charge is -2.20. The van der Waals surface area contributed by atoms with E-state index in [2.05, 4.69) is 0 Å². The molecule has 0 amide bonds. The number of sulfonamides is 2. The van der Waals surface area contributed by atoms with Gasteiger partial charge < -0.3 is 9.45 Å². The van der Waals surface area contributed by atoms with Crippen molar-refractivity contribution in [1.82, 2.24) is 4.13 Å². The van der Waals surface area contributed by atoms with Gasteiger partial charge in [0.2, 0.25) is 15.5 Å². The minimum atomic E-state index is -4.41. The van der Waals surface area contributed by atoms with Crippen molar-refractivity contribution in [3.63, 3.8) is 0 Å². The Kier molecular flexibility index (Phi) is 8.20. The van der Waals surface area contributed by atoms with Crippen LogP contribution in [0.5, 0.6) is 0 Å². The third-order valence-corrected chi connectivity index (χ3v) is 11.3. The number of aromatic nitrogens is 1. The Bertz CT molecular complexity index is 1740. The number of benzene rings is 2. The maximum absolute atomic E-state index is 12.7. The normalized spacial score (nSPS) is 15.6. The zero-order chi connectivity index (χ0) is 27.2. The second kappa shape index (κ2) is 10.6. The van der Waals surface area contributed by atoms with Gasteiger partial charge in [-0.25, -0.2) is 25.3 Å². The number of hydrogen-bond acceptors (Lipinski definition) is 10. The Labute approximate surface area is 232 Å². The Hall–Kier alpha value is -1.43. The van der Waals surface area contributed by atoms with E-state index in [-0.39, 0.29) is 13.0 Å².